The summed E-state index contributed by atoms with van der Waals surface area (Å²) in [7, 11) is 1.39. The molecule has 0 aromatic carbocycles. The van der Waals surface area contributed by atoms with Crippen molar-refractivity contribution >= 4 is 17.3 Å². The second kappa shape index (κ2) is 4.94. The molecular weight excluding hydrogens is 224 g/mol. The predicted octanol–water partition coefficient (Wildman–Crippen LogP) is 1.71. The van der Waals surface area contributed by atoms with Crippen LogP contribution in [0.1, 0.15) is 10.7 Å². The number of imidazole rings is 1. The van der Waals surface area contributed by atoms with Crippen molar-refractivity contribution in [2.45, 2.75) is 13.0 Å². The number of carbonyl (C=O) groups excluding carboxylic acids is 1. The van der Waals surface area contributed by atoms with Crippen LogP contribution >= 0.6 is 11.3 Å². The number of ether oxygens (including phenoxy) is 1. The molecule has 0 aliphatic heterocycles. The molecule has 0 saturated heterocycles. The molecule has 0 aliphatic rings. The van der Waals surface area contributed by atoms with Gasteiger partial charge in [0.1, 0.15) is 12.4 Å². The van der Waals surface area contributed by atoms with Crippen molar-refractivity contribution in [2.75, 3.05) is 7.11 Å². The summed E-state index contributed by atoms with van der Waals surface area (Å²) in [5, 5.41) is 2.03. The summed E-state index contributed by atoms with van der Waals surface area (Å²) >= 11 is 1.68. The van der Waals surface area contributed by atoms with E-state index in [1.54, 1.807) is 23.7 Å². The molecule has 2 aromatic rings. The second-order valence-corrected chi connectivity index (χ2v) is 4.34. The zero-order chi connectivity index (χ0) is 11.4. The molecule has 0 atom stereocenters. The molecule has 0 bridgehead atoms. The van der Waals surface area contributed by atoms with Crippen LogP contribution in [-0.2, 0) is 22.5 Å². The third kappa shape index (κ3) is 2.49. The molecule has 0 unspecified atom stereocenters. The number of esters is 1. The molecule has 0 aliphatic carbocycles. The predicted molar refractivity (Wildman–Crippen MR) is 61.4 cm³/mol. The average molecular weight is 236 g/mol. The summed E-state index contributed by atoms with van der Waals surface area (Å²) < 4.78 is 6.44. The average Bonchev–Trinajstić information content (AvgIpc) is 2.92. The standard InChI is InChI=1S/C11H12N2O2S/c1-15-11(14)8-13-5-4-12-10(13)7-9-3-2-6-16-9/h2-6H,7-8H2,1H3. The summed E-state index contributed by atoms with van der Waals surface area (Å²) in [6.07, 6.45) is 4.24. The van der Waals surface area contributed by atoms with E-state index in [9.17, 15) is 4.79 Å². The third-order valence-electron chi connectivity index (χ3n) is 2.24. The first-order valence-electron chi connectivity index (χ1n) is 4.89. The van der Waals surface area contributed by atoms with Crippen LogP contribution < -0.4 is 0 Å². The Kier molecular flexibility index (Phi) is 3.36. The van der Waals surface area contributed by atoms with Gasteiger partial charge in [0.25, 0.3) is 0 Å². The fraction of sp³-hybridized carbons (Fsp3) is 0.273. The lowest BCUT2D eigenvalue weighted by atomic mass is 10.3. The quantitative estimate of drug-likeness (QED) is 0.759. The molecule has 0 N–H and O–H groups in total. The van der Waals surface area contributed by atoms with Crippen LogP contribution in [0, 0.1) is 0 Å². The zero-order valence-electron chi connectivity index (χ0n) is 8.92. The minimum Gasteiger partial charge on any atom is -0.468 e. The maximum absolute atomic E-state index is 11.2. The van der Waals surface area contributed by atoms with Gasteiger partial charge in [-0.05, 0) is 11.4 Å². The van der Waals surface area contributed by atoms with Crippen molar-refractivity contribution in [3.8, 4) is 0 Å². The van der Waals surface area contributed by atoms with Gasteiger partial charge in [0.05, 0.1) is 7.11 Å². The molecule has 4 nitrogen and oxygen atoms in total. The second-order valence-electron chi connectivity index (χ2n) is 3.30. The molecule has 0 amide bonds. The fourth-order valence-corrected chi connectivity index (χ4v) is 2.13. The number of carbonyl (C=O) groups is 1. The van der Waals surface area contributed by atoms with E-state index in [4.69, 9.17) is 0 Å². The van der Waals surface area contributed by atoms with Gasteiger partial charge in [0.15, 0.2) is 0 Å². The van der Waals surface area contributed by atoms with Crippen molar-refractivity contribution in [3.63, 3.8) is 0 Å². The topological polar surface area (TPSA) is 44.1 Å². The lowest BCUT2D eigenvalue weighted by molar-refractivity contribution is -0.141. The highest BCUT2D eigenvalue weighted by Gasteiger charge is 2.08. The maximum Gasteiger partial charge on any atom is 0.325 e. The molecule has 5 heteroatoms. The maximum atomic E-state index is 11.2. The van der Waals surface area contributed by atoms with Gasteiger partial charge in [-0.3, -0.25) is 4.79 Å². The SMILES string of the molecule is COC(=O)Cn1ccnc1Cc1cccs1. The Hall–Kier alpha value is -1.62. The van der Waals surface area contributed by atoms with Gasteiger partial charge in [-0.15, -0.1) is 11.3 Å². The van der Waals surface area contributed by atoms with Crippen LogP contribution in [0.3, 0.4) is 0 Å². The minimum atomic E-state index is -0.259. The Bertz CT molecular complexity index is 462. The van der Waals surface area contributed by atoms with Gasteiger partial charge in [-0.1, -0.05) is 6.07 Å². The molecule has 0 spiro atoms. The largest absolute Gasteiger partial charge is 0.468 e. The third-order valence-corrected chi connectivity index (χ3v) is 3.12. The van der Waals surface area contributed by atoms with E-state index in [2.05, 4.69) is 15.8 Å². The smallest absolute Gasteiger partial charge is 0.325 e. The van der Waals surface area contributed by atoms with Crippen LogP contribution in [0.4, 0.5) is 0 Å². The van der Waals surface area contributed by atoms with Crippen molar-refractivity contribution in [1.82, 2.24) is 9.55 Å². The molecule has 0 radical (unpaired) electrons. The lowest BCUT2D eigenvalue weighted by Crippen LogP contribution is -2.13. The molecule has 2 rings (SSSR count). The van der Waals surface area contributed by atoms with E-state index in [1.807, 2.05) is 16.0 Å². The minimum absolute atomic E-state index is 0.219. The van der Waals surface area contributed by atoms with E-state index < -0.39 is 0 Å². The first-order chi connectivity index (χ1) is 7.79. The van der Waals surface area contributed by atoms with Gasteiger partial charge in [-0.25, -0.2) is 4.98 Å². The highest BCUT2D eigenvalue weighted by molar-refractivity contribution is 7.09. The summed E-state index contributed by atoms with van der Waals surface area (Å²) in [6, 6.07) is 4.06. The lowest BCUT2D eigenvalue weighted by Gasteiger charge is -2.05. The van der Waals surface area contributed by atoms with Crippen LogP contribution in [0.5, 0.6) is 0 Å². The molecule has 2 heterocycles. The van der Waals surface area contributed by atoms with Gasteiger partial charge in [-0.2, -0.15) is 0 Å². The molecule has 0 fully saturated rings. The Morgan fingerprint density at radius 3 is 3.19 bits per heavy atom. The zero-order valence-corrected chi connectivity index (χ0v) is 9.74. The molecule has 84 valence electrons. The van der Waals surface area contributed by atoms with Gasteiger partial charge in [0.2, 0.25) is 0 Å². The monoisotopic (exact) mass is 236 g/mol. The molecule has 2 aromatic heterocycles. The highest BCUT2D eigenvalue weighted by Crippen LogP contribution is 2.13. The summed E-state index contributed by atoms with van der Waals surface area (Å²) in [4.78, 5) is 16.6. The summed E-state index contributed by atoms with van der Waals surface area (Å²) in [5.41, 5.74) is 0. The normalized spacial score (nSPS) is 10.3. The molecular formula is C11H12N2O2S. The number of methoxy groups -OCH3 is 1. The summed E-state index contributed by atoms with van der Waals surface area (Å²) in [5.74, 6) is 0.623. The van der Waals surface area contributed by atoms with Gasteiger partial charge >= 0.3 is 5.97 Å². The Morgan fingerprint density at radius 1 is 1.62 bits per heavy atom. The Morgan fingerprint density at radius 2 is 2.50 bits per heavy atom. The van der Waals surface area contributed by atoms with Crippen LogP contribution in [-0.4, -0.2) is 22.6 Å². The van der Waals surface area contributed by atoms with Crippen LogP contribution in [0.2, 0.25) is 0 Å². The Balaban J connectivity index is 2.10. The van der Waals surface area contributed by atoms with Gasteiger partial charge < -0.3 is 9.30 Å². The van der Waals surface area contributed by atoms with Crippen LogP contribution in [0.25, 0.3) is 0 Å². The van der Waals surface area contributed by atoms with Crippen molar-refractivity contribution in [3.05, 3.63) is 40.6 Å². The number of hydrogen-bond donors (Lipinski definition) is 0. The van der Waals surface area contributed by atoms with E-state index >= 15 is 0 Å². The fourth-order valence-electron chi connectivity index (χ4n) is 1.42. The van der Waals surface area contributed by atoms with E-state index in [1.165, 1.54) is 12.0 Å². The van der Waals surface area contributed by atoms with Crippen molar-refractivity contribution < 1.29 is 9.53 Å². The van der Waals surface area contributed by atoms with Crippen LogP contribution in [0.15, 0.2) is 29.9 Å². The van der Waals surface area contributed by atoms with E-state index in [-0.39, 0.29) is 12.5 Å². The van der Waals surface area contributed by atoms with Gasteiger partial charge in [0, 0.05) is 23.7 Å². The summed E-state index contributed by atoms with van der Waals surface area (Å²) in [6.45, 7) is 0.219. The Labute approximate surface area is 97.5 Å². The van der Waals surface area contributed by atoms with Crippen molar-refractivity contribution in [2.24, 2.45) is 0 Å². The number of rotatable bonds is 4. The molecule has 0 saturated carbocycles. The number of aromatic nitrogens is 2. The van der Waals surface area contributed by atoms with E-state index in [0.717, 1.165) is 12.2 Å². The number of nitrogens with zero attached hydrogens (tertiary/aromatic N) is 2. The molecule has 16 heavy (non-hydrogen) atoms. The first kappa shape index (κ1) is 10.9. The van der Waals surface area contributed by atoms with Crippen molar-refractivity contribution in [1.29, 1.82) is 0 Å². The van der Waals surface area contributed by atoms with E-state index in [0.29, 0.717) is 0 Å². The number of hydrogen-bond acceptors (Lipinski definition) is 4. The highest BCUT2D eigenvalue weighted by atomic mass is 32.1. The number of thiophene rings is 1. The first-order valence-corrected chi connectivity index (χ1v) is 5.77.